The maximum atomic E-state index is 14.1. The summed E-state index contributed by atoms with van der Waals surface area (Å²) in [6.07, 6.45) is 1.29. The minimum Gasteiger partial charge on any atom is -0.396 e. The number of piperazine rings is 1. The van der Waals surface area contributed by atoms with Crippen molar-refractivity contribution in [3.8, 4) is 0 Å². The minimum absolute atomic E-state index is 0.267. The molecule has 0 aromatic heterocycles. The zero-order chi connectivity index (χ0) is 16.8. The monoisotopic (exact) mass is 406 g/mol. The quantitative estimate of drug-likeness (QED) is 0.678. The molecule has 1 aromatic carbocycles. The van der Waals surface area contributed by atoms with E-state index in [4.69, 9.17) is 16.7 Å². The molecular weight excluding hydrogens is 383 g/mol. The number of hydrogen-bond donors (Lipinski definition) is 1. The van der Waals surface area contributed by atoms with Crippen LogP contribution in [0.4, 0.5) is 10.1 Å². The molecule has 0 bridgehead atoms. The lowest BCUT2D eigenvalue weighted by atomic mass is 10.1. The van der Waals surface area contributed by atoms with E-state index >= 15 is 0 Å². The lowest BCUT2D eigenvalue weighted by Gasteiger charge is -2.36. The fourth-order valence-corrected chi connectivity index (χ4v) is 3.59. The van der Waals surface area contributed by atoms with Crippen molar-refractivity contribution in [3.63, 3.8) is 0 Å². The van der Waals surface area contributed by atoms with E-state index in [0.717, 1.165) is 55.7 Å². The molecule has 1 fully saturated rings. The number of alkyl halides is 1. The highest BCUT2D eigenvalue weighted by Gasteiger charge is 2.21. The van der Waals surface area contributed by atoms with Gasteiger partial charge in [0.25, 0.3) is 0 Å². The van der Waals surface area contributed by atoms with Gasteiger partial charge in [0.05, 0.1) is 5.02 Å². The molecule has 3 nitrogen and oxygen atoms in total. The van der Waals surface area contributed by atoms with Crippen LogP contribution in [-0.4, -0.2) is 49.3 Å². The second-order valence-electron chi connectivity index (χ2n) is 5.97. The van der Waals surface area contributed by atoms with Crippen LogP contribution in [0.1, 0.15) is 37.9 Å². The van der Waals surface area contributed by atoms with Crippen molar-refractivity contribution in [2.45, 2.75) is 32.4 Å². The fraction of sp³-hybridized carbons (Fsp3) is 0.647. The highest BCUT2D eigenvalue weighted by molar-refractivity contribution is 9.10. The Kier molecular flexibility index (Phi) is 7.60. The first-order valence-electron chi connectivity index (χ1n) is 8.28. The van der Waals surface area contributed by atoms with Gasteiger partial charge in [0.2, 0.25) is 0 Å². The summed E-state index contributed by atoms with van der Waals surface area (Å²) >= 11 is 9.69. The predicted molar refractivity (Wildman–Crippen MR) is 98.3 cm³/mol. The van der Waals surface area contributed by atoms with Gasteiger partial charge >= 0.3 is 0 Å². The van der Waals surface area contributed by atoms with Gasteiger partial charge in [-0.15, -0.1) is 0 Å². The van der Waals surface area contributed by atoms with Gasteiger partial charge < -0.3 is 10.0 Å². The Morgan fingerprint density at radius 1 is 1.26 bits per heavy atom. The maximum Gasteiger partial charge on any atom is 0.126 e. The van der Waals surface area contributed by atoms with Crippen LogP contribution in [0.5, 0.6) is 0 Å². The van der Waals surface area contributed by atoms with Crippen LogP contribution in [0.25, 0.3) is 0 Å². The first kappa shape index (κ1) is 19.0. The van der Waals surface area contributed by atoms with E-state index < -0.39 is 6.17 Å². The van der Waals surface area contributed by atoms with Gasteiger partial charge in [0.1, 0.15) is 6.17 Å². The van der Waals surface area contributed by atoms with Crippen molar-refractivity contribution in [2.75, 3.05) is 44.2 Å². The number of rotatable bonds is 7. The zero-order valence-corrected chi connectivity index (χ0v) is 15.9. The highest BCUT2D eigenvalue weighted by atomic mass is 79.9. The Bertz CT molecular complexity index is 510. The Balaban J connectivity index is 2.02. The SMILES string of the molecule is CCC(F)c1cc(N2CCN(CCCCO)CC2)cc(Br)c1Cl. The summed E-state index contributed by atoms with van der Waals surface area (Å²) in [6.45, 7) is 6.97. The van der Waals surface area contributed by atoms with Crippen molar-refractivity contribution in [1.29, 1.82) is 0 Å². The van der Waals surface area contributed by atoms with E-state index in [1.165, 1.54) is 0 Å². The van der Waals surface area contributed by atoms with Gasteiger partial charge in [-0.25, -0.2) is 4.39 Å². The molecule has 1 aliphatic rings. The second kappa shape index (κ2) is 9.21. The number of nitrogens with zero attached hydrogens (tertiary/aromatic N) is 2. The fourth-order valence-electron chi connectivity index (χ4n) is 2.90. The summed E-state index contributed by atoms with van der Waals surface area (Å²) < 4.78 is 14.9. The van der Waals surface area contributed by atoms with E-state index in [1.54, 1.807) is 0 Å². The molecule has 1 aromatic rings. The summed E-state index contributed by atoms with van der Waals surface area (Å²) in [7, 11) is 0. The number of aliphatic hydroxyl groups excluding tert-OH is 1. The molecule has 1 aliphatic heterocycles. The Morgan fingerprint density at radius 3 is 2.57 bits per heavy atom. The smallest absolute Gasteiger partial charge is 0.126 e. The summed E-state index contributed by atoms with van der Waals surface area (Å²) in [5.74, 6) is 0. The number of halogens is 3. The van der Waals surface area contributed by atoms with Crippen LogP contribution in [0.3, 0.4) is 0 Å². The molecule has 23 heavy (non-hydrogen) atoms. The van der Waals surface area contributed by atoms with Gasteiger partial charge in [0.15, 0.2) is 0 Å². The molecule has 6 heteroatoms. The normalized spacial score (nSPS) is 17.5. The molecule has 1 saturated heterocycles. The van der Waals surface area contributed by atoms with Crippen LogP contribution in [-0.2, 0) is 0 Å². The van der Waals surface area contributed by atoms with Crippen molar-refractivity contribution in [1.82, 2.24) is 4.90 Å². The summed E-state index contributed by atoms with van der Waals surface area (Å²) in [4.78, 5) is 4.71. The molecule has 1 N–H and O–H groups in total. The van der Waals surface area contributed by atoms with Gasteiger partial charge in [0, 0.05) is 48.5 Å². The average Bonchev–Trinajstić information content (AvgIpc) is 2.57. The summed E-state index contributed by atoms with van der Waals surface area (Å²) in [5, 5.41) is 9.33. The van der Waals surface area contributed by atoms with Gasteiger partial charge in [-0.3, -0.25) is 4.90 Å². The third-order valence-corrected chi connectivity index (χ3v) is 5.63. The number of hydrogen-bond acceptors (Lipinski definition) is 3. The van der Waals surface area contributed by atoms with Crippen molar-refractivity contribution >= 4 is 33.2 Å². The van der Waals surface area contributed by atoms with Crippen molar-refractivity contribution in [3.05, 3.63) is 27.2 Å². The van der Waals surface area contributed by atoms with Gasteiger partial charge in [-0.2, -0.15) is 0 Å². The van der Waals surface area contributed by atoms with E-state index in [-0.39, 0.29) is 6.61 Å². The van der Waals surface area contributed by atoms with E-state index in [9.17, 15) is 4.39 Å². The van der Waals surface area contributed by atoms with Crippen LogP contribution in [0.2, 0.25) is 5.02 Å². The number of aliphatic hydroxyl groups is 1. The second-order valence-corrected chi connectivity index (χ2v) is 7.20. The van der Waals surface area contributed by atoms with Gasteiger partial charge in [-0.1, -0.05) is 18.5 Å². The van der Waals surface area contributed by atoms with Crippen LogP contribution in [0.15, 0.2) is 16.6 Å². The molecule has 0 spiro atoms. The Morgan fingerprint density at radius 2 is 1.96 bits per heavy atom. The van der Waals surface area contributed by atoms with E-state index in [2.05, 4.69) is 25.7 Å². The maximum absolute atomic E-state index is 14.1. The first-order chi connectivity index (χ1) is 11.1. The number of benzene rings is 1. The Labute approximate surface area is 151 Å². The standard InChI is InChI=1S/C17H25BrClFN2O/c1-2-16(20)14-11-13(12-15(18)17(14)19)22-8-6-21(7-9-22)5-3-4-10-23/h11-12,16,23H,2-10H2,1H3. The molecule has 1 heterocycles. The minimum atomic E-state index is -1.03. The lowest BCUT2D eigenvalue weighted by Crippen LogP contribution is -2.46. The molecule has 2 rings (SSSR count). The zero-order valence-electron chi connectivity index (χ0n) is 13.6. The molecule has 0 saturated carbocycles. The molecule has 0 amide bonds. The molecule has 1 atom stereocenters. The molecule has 0 aliphatic carbocycles. The Hall–Kier alpha value is -0.360. The van der Waals surface area contributed by atoms with E-state index in [0.29, 0.717) is 17.0 Å². The third kappa shape index (κ3) is 5.05. The number of anilines is 1. The first-order valence-corrected chi connectivity index (χ1v) is 9.45. The van der Waals surface area contributed by atoms with Gasteiger partial charge in [-0.05, 0) is 53.9 Å². The predicted octanol–water partition coefficient (Wildman–Crippen LogP) is 4.42. The third-order valence-electron chi connectivity index (χ3n) is 4.36. The number of unbranched alkanes of at least 4 members (excludes halogenated alkanes) is 1. The van der Waals surface area contributed by atoms with E-state index in [1.807, 2.05) is 19.1 Å². The summed E-state index contributed by atoms with van der Waals surface area (Å²) in [6, 6.07) is 3.87. The largest absolute Gasteiger partial charge is 0.396 e. The van der Waals surface area contributed by atoms with Crippen molar-refractivity contribution in [2.24, 2.45) is 0 Å². The highest BCUT2D eigenvalue weighted by Crippen LogP contribution is 2.37. The van der Waals surface area contributed by atoms with Crippen LogP contribution >= 0.6 is 27.5 Å². The topological polar surface area (TPSA) is 26.7 Å². The molecule has 0 radical (unpaired) electrons. The summed E-state index contributed by atoms with van der Waals surface area (Å²) in [5.41, 5.74) is 1.60. The molecular formula is C17H25BrClFN2O. The average molecular weight is 408 g/mol. The molecule has 1 unspecified atom stereocenters. The van der Waals surface area contributed by atoms with Crippen molar-refractivity contribution < 1.29 is 9.50 Å². The van der Waals surface area contributed by atoms with Crippen LogP contribution < -0.4 is 4.90 Å². The van der Waals surface area contributed by atoms with Crippen LogP contribution in [0, 0.1) is 0 Å². The molecule has 130 valence electrons. The lowest BCUT2D eigenvalue weighted by molar-refractivity contribution is 0.232.